The smallest absolute Gasteiger partial charge is 0.411 e. The first-order valence-corrected chi connectivity index (χ1v) is 10.2. The monoisotopic (exact) mass is 480 g/mol. The van der Waals surface area contributed by atoms with Gasteiger partial charge in [0.1, 0.15) is 13.2 Å². The molecule has 3 aromatic rings. The Bertz CT molecular complexity index is 1280. The van der Waals surface area contributed by atoms with Crippen molar-refractivity contribution < 1.29 is 28.9 Å². The highest BCUT2D eigenvalue weighted by Gasteiger charge is 2.16. The Balaban J connectivity index is 1.58. The molecular formula is C23H20N4O8. The summed E-state index contributed by atoms with van der Waals surface area (Å²) in [5.74, 6) is 0. The second kappa shape index (κ2) is 11.2. The number of amides is 2. The third-order valence-corrected chi connectivity index (χ3v) is 4.81. The zero-order chi connectivity index (χ0) is 25.4. The van der Waals surface area contributed by atoms with E-state index >= 15 is 0 Å². The van der Waals surface area contributed by atoms with Crippen LogP contribution < -0.4 is 10.6 Å². The number of nitro benzene ring substituents is 2. The molecule has 0 saturated carbocycles. The molecule has 3 aromatic carbocycles. The van der Waals surface area contributed by atoms with Crippen LogP contribution >= 0.6 is 0 Å². The molecule has 0 radical (unpaired) electrons. The number of hydrogen-bond donors (Lipinski definition) is 2. The number of carbonyl (C=O) groups is 2. The molecule has 0 atom stereocenters. The number of hydrogen-bond acceptors (Lipinski definition) is 8. The van der Waals surface area contributed by atoms with Gasteiger partial charge < -0.3 is 9.47 Å². The van der Waals surface area contributed by atoms with Gasteiger partial charge in [0.15, 0.2) is 0 Å². The lowest BCUT2D eigenvalue weighted by atomic mass is 10.2. The highest BCUT2D eigenvalue weighted by atomic mass is 16.6. The van der Waals surface area contributed by atoms with Gasteiger partial charge in [-0.15, -0.1) is 0 Å². The molecule has 3 rings (SSSR count). The van der Waals surface area contributed by atoms with Crippen molar-refractivity contribution in [1.29, 1.82) is 0 Å². The van der Waals surface area contributed by atoms with Gasteiger partial charge >= 0.3 is 12.2 Å². The maximum Gasteiger partial charge on any atom is 0.411 e. The minimum absolute atomic E-state index is 0.165. The van der Waals surface area contributed by atoms with E-state index in [2.05, 4.69) is 10.6 Å². The molecule has 0 spiro atoms. The van der Waals surface area contributed by atoms with E-state index in [9.17, 15) is 29.8 Å². The first-order valence-electron chi connectivity index (χ1n) is 10.2. The lowest BCUT2D eigenvalue weighted by Gasteiger charge is -2.12. The topological polar surface area (TPSA) is 163 Å². The summed E-state index contributed by atoms with van der Waals surface area (Å²) in [6, 6.07) is 16.5. The van der Waals surface area contributed by atoms with E-state index in [1.54, 1.807) is 31.2 Å². The highest BCUT2D eigenvalue weighted by molar-refractivity contribution is 5.89. The van der Waals surface area contributed by atoms with Crippen LogP contribution in [0.15, 0.2) is 66.7 Å². The molecule has 0 aliphatic carbocycles. The van der Waals surface area contributed by atoms with E-state index in [-0.39, 0.29) is 41.4 Å². The molecule has 0 unspecified atom stereocenters. The fourth-order valence-corrected chi connectivity index (χ4v) is 3.04. The van der Waals surface area contributed by atoms with Crippen LogP contribution in [0.1, 0.15) is 16.7 Å². The van der Waals surface area contributed by atoms with Crippen LogP contribution in [0, 0.1) is 27.2 Å². The van der Waals surface area contributed by atoms with Crippen LogP contribution in [-0.4, -0.2) is 22.0 Å². The number of rotatable bonds is 8. The van der Waals surface area contributed by atoms with E-state index < -0.39 is 22.0 Å². The van der Waals surface area contributed by atoms with Gasteiger partial charge in [-0.1, -0.05) is 30.3 Å². The Morgan fingerprint density at radius 1 is 0.771 bits per heavy atom. The largest absolute Gasteiger partial charge is 0.444 e. The van der Waals surface area contributed by atoms with E-state index in [4.69, 9.17) is 9.47 Å². The normalized spacial score (nSPS) is 10.2. The summed E-state index contributed by atoms with van der Waals surface area (Å²) in [4.78, 5) is 45.4. The second-order valence-electron chi connectivity index (χ2n) is 7.20. The fraction of sp³-hybridized carbons (Fsp3) is 0.130. The van der Waals surface area contributed by atoms with Gasteiger partial charge in [-0.05, 0) is 36.8 Å². The van der Waals surface area contributed by atoms with Gasteiger partial charge in [0.25, 0.3) is 11.4 Å². The van der Waals surface area contributed by atoms with Gasteiger partial charge in [-0.25, -0.2) is 9.59 Å². The van der Waals surface area contributed by atoms with Crippen LogP contribution in [0.25, 0.3) is 0 Å². The third kappa shape index (κ3) is 6.74. The number of nitro groups is 2. The molecule has 35 heavy (non-hydrogen) atoms. The van der Waals surface area contributed by atoms with Crippen LogP contribution in [0.5, 0.6) is 0 Å². The lowest BCUT2D eigenvalue weighted by Crippen LogP contribution is -2.16. The molecule has 180 valence electrons. The molecule has 0 saturated heterocycles. The van der Waals surface area contributed by atoms with Crippen molar-refractivity contribution in [2.75, 3.05) is 10.6 Å². The van der Waals surface area contributed by atoms with Crippen LogP contribution in [-0.2, 0) is 22.7 Å². The van der Waals surface area contributed by atoms with Crippen molar-refractivity contribution in [3.8, 4) is 0 Å². The molecule has 2 amide bonds. The Labute approximate surface area is 198 Å². The predicted octanol–water partition coefficient (Wildman–Crippen LogP) is 5.31. The molecule has 2 N–H and O–H groups in total. The van der Waals surface area contributed by atoms with Crippen LogP contribution in [0.3, 0.4) is 0 Å². The number of nitrogens with one attached hydrogen (secondary N) is 2. The minimum Gasteiger partial charge on any atom is -0.444 e. The molecule has 0 bridgehead atoms. The Morgan fingerprint density at radius 2 is 1.26 bits per heavy atom. The van der Waals surface area contributed by atoms with Crippen LogP contribution in [0.4, 0.5) is 32.3 Å². The Kier molecular flexibility index (Phi) is 7.90. The van der Waals surface area contributed by atoms with Crippen molar-refractivity contribution in [2.24, 2.45) is 0 Å². The average molecular weight is 480 g/mol. The van der Waals surface area contributed by atoms with Crippen molar-refractivity contribution >= 4 is 34.9 Å². The summed E-state index contributed by atoms with van der Waals surface area (Å²) in [5.41, 5.74) is 1.42. The zero-order valence-corrected chi connectivity index (χ0v) is 18.4. The Morgan fingerprint density at radius 3 is 1.77 bits per heavy atom. The summed E-state index contributed by atoms with van der Waals surface area (Å²) in [5, 5.41) is 27.1. The molecular weight excluding hydrogens is 460 g/mol. The van der Waals surface area contributed by atoms with Gasteiger partial charge in [-0.3, -0.25) is 30.9 Å². The number of anilines is 2. The number of aryl methyl sites for hydroxylation is 1. The van der Waals surface area contributed by atoms with E-state index in [1.165, 1.54) is 42.5 Å². The summed E-state index contributed by atoms with van der Waals surface area (Å²) < 4.78 is 10.2. The molecule has 0 aliphatic rings. The lowest BCUT2D eigenvalue weighted by molar-refractivity contribution is -0.386. The first-order chi connectivity index (χ1) is 16.7. The van der Waals surface area contributed by atoms with Crippen molar-refractivity contribution in [2.45, 2.75) is 20.1 Å². The van der Waals surface area contributed by atoms with Crippen LogP contribution in [0.2, 0.25) is 0 Å². The predicted molar refractivity (Wildman–Crippen MR) is 125 cm³/mol. The number of nitrogens with zero attached hydrogens (tertiary/aromatic N) is 2. The number of para-hydroxylation sites is 2. The van der Waals surface area contributed by atoms with E-state index in [0.717, 1.165) is 0 Å². The summed E-state index contributed by atoms with van der Waals surface area (Å²) >= 11 is 0. The average Bonchev–Trinajstić information content (AvgIpc) is 2.83. The number of ether oxygens (including phenoxy) is 2. The summed E-state index contributed by atoms with van der Waals surface area (Å²) in [6.07, 6.45) is -1.70. The van der Waals surface area contributed by atoms with E-state index in [0.29, 0.717) is 11.3 Å². The number of benzene rings is 3. The van der Waals surface area contributed by atoms with Crippen molar-refractivity contribution in [3.05, 3.63) is 104 Å². The molecule has 0 aliphatic heterocycles. The van der Waals surface area contributed by atoms with Gasteiger partial charge in [0.2, 0.25) is 0 Å². The number of carbonyl (C=O) groups excluding carboxylic acids is 2. The third-order valence-electron chi connectivity index (χ3n) is 4.81. The van der Waals surface area contributed by atoms with E-state index in [1.807, 2.05) is 0 Å². The SMILES string of the molecule is Cc1ccc(NC(=O)OCc2ccccc2[N+](=O)[O-])cc1NC(=O)OCc1ccccc1[N+](=O)[O-]. The Hall–Kier alpha value is -5.00. The van der Waals surface area contributed by atoms with Crippen molar-refractivity contribution in [3.63, 3.8) is 0 Å². The molecule has 12 nitrogen and oxygen atoms in total. The quantitative estimate of drug-likeness (QED) is 0.324. The first kappa shape index (κ1) is 24.6. The zero-order valence-electron chi connectivity index (χ0n) is 18.4. The van der Waals surface area contributed by atoms with Crippen molar-refractivity contribution in [1.82, 2.24) is 0 Å². The molecule has 12 heteroatoms. The fourth-order valence-electron chi connectivity index (χ4n) is 3.04. The highest BCUT2D eigenvalue weighted by Crippen LogP contribution is 2.23. The van der Waals surface area contributed by atoms with Gasteiger partial charge in [-0.2, -0.15) is 0 Å². The standard InChI is InChI=1S/C23H20N4O8/c1-15-10-11-18(24-22(28)34-13-16-6-2-4-8-20(16)26(30)31)12-19(15)25-23(29)35-14-17-7-3-5-9-21(17)27(32)33/h2-12H,13-14H2,1H3,(H,24,28)(H,25,29). The maximum absolute atomic E-state index is 12.2. The summed E-state index contributed by atoms with van der Waals surface area (Å²) in [6.45, 7) is 1.10. The maximum atomic E-state index is 12.2. The van der Waals surface area contributed by atoms with Gasteiger partial charge in [0, 0.05) is 23.5 Å². The molecule has 0 fully saturated rings. The molecule has 0 aromatic heterocycles. The van der Waals surface area contributed by atoms with Gasteiger partial charge in [0.05, 0.1) is 21.0 Å². The second-order valence-corrected chi connectivity index (χ2v) is 7.20. The minimum atomic E-state index is -0.850. The summed E-state index contributed by atoms with van der Waals surface area (Å²) in [7, 11) is 0. The molecule has 0 heterocycles.